The molecule has 4 aliphatic rings. The van der Waals surface area contributed by atoms with Gasteiger partial charge < -0.3 is 5.32 Å². The van der Waals surface area contributed by atoms with Crippen LogP contribution in [0.25, 0.3) is 0 Å². The zero-order chi connectivity index (χ0) is 20.2. The molecule has 0 aliphatic heterocycles. The Morgan fingerprint density at radius 3 is 2.52 bits per heavy atom. The van der Waals surface area contributed by atoms with Crippen molar-refractivity contribution in [1.82, 2.24) is 14.8 Å². The first kappa shape index (κ1) is 19.3. The molecular formula is C23H29BrN4O. The summed E-state index contributed by atoms with van der Waals surface area (Å²) in [4.78, 5) is 17.9. The number of rotatable bonds is 5. The second-order valence-electron chi connectivity index (χ2n) is 9.81. The molecule has 0 saturated heterocycles. The summed E-state index contributed by atoms with van der Waals surface area (Å²) in [5, 5.41) is 7.86. The van der Waals surface area contributed by atoms with E-state index in [9.17, 15) is 4.79 Å². The lowest BCUT2D eigenvalue weighted by Gasteiger charge is -2.60. The molecule has 1 aromatic heterocycles. The number of aromatic nitrogens is 3. The van der Waals surface area contributed by atoms with Gasteiger partial charge in [-0.15, -0.1) is 5.10 Å². The summed E-state index contributed by atoms with van der Waals surface area (Å²) < 4.78 is 2.69. The van der Waals surface area contributed by atoms with Gasteiger partial charge in [0, 0.05) is 5.69 Å². The van der Waals surface area contributed by atoms with Crippen molar-refractivity contribution in [2.75, 3.05) is 5.32 Å². The molecule has 4 saturated carbocycles. The van der Waals surface area contributed by atoms with Crippen molar-refractivity contribution in [3.63, 3.8) is 0 Å². The molecule has 1 aromatic carbocycles. The first-order valence-electron chi connectivity index (χ1n) is 10.9. The summed E-state index contributed by atoms with van der Waals surface area (Å²) >= 11 is 3.40. The SMILES string of the molecule is CC[C@@H](C)c1ccc(NC(=O)C23C[C@H]4C[C@@H](C2)CC(n2cnc(Br)n2)(C4)C3)cc1. The molecule has 1 amide bonds. The predicted molar refractivity (Wildman–Crippen MR) is 117 cm³/mol. The van der Waals surface area contributed by atoms with E-state index in [2.05, 4.69) is 74.1 Å². The zero-order valence-corrected chi connectivity index (χ0v) is 18.8. The number of carbonyl (C=O) groups excluding carboxylic acids is 1. The van der Waals surface area contributed by atoms with Crippen molar-refractivity contribution in [2.45, 2.75) is 70.3 Å². The summed E-state index contributed by atoms with van der Waals surface area (Å²) in [5.74, 6) is 1.96. The largest absolute Gasteiger partial charge is 0.326 e. The third kappa shape index (κ3) is 3.24. The number of benzene rings is 1. The van der Waals surface area contributed by atoms with Crippen molar-refractivity contribution >= 4 is 27.5 Å². The average molecular weight is 457 g/mol. The molecule has 1 N–H and O–H groups in total. The highest BCUT2D eigenvalue weighted by atomic mass is 79.9. The van der Waals surface area contributed by atoms with Crippen molar-refractivity contribution < 1.29 is 4.79 Å². The van der Waals surface area contributed by atoms with E-state index in [1.165, 1.54) is 12.0 Å². The minimum Gasteiger partial charge on any atom is -0.326 e. The fourth-order valence-electron chi connectivity index (χ4n) is 6.61. The number of amides is 1. The van der Waals surface area contributed by atoms with Gasteiger partial charge in [0.05, 0.1) is 11.0 Å². The number of hydrogen-bond donors (Lipinski definition) is 1. The Morgan fingerprint density at radius 1 is 1.24 bits per heavy atom. The summed E-state index contributed by atoms with van der Waals surface area (Å²) in [6.07, 6.45) is 9.37. The lowest BCUT2D eigenvalue weighted by Crippen LogP contribution is -2.60. The molecule has 4 aliphatic carbocycles. The number of carbonyl (C=O) groups is 1. The lowest BCUT2D eigenvalue weighted by atomic mass is 9.46. The molecule has 0 spiro atoms. The van der Waals surface area contributed by atoms with Gasteiger partial charge in [-0.3, -0.25) is 4.79 Å². The van der Waals surface area contributed by atoms with Crippen LogP contribution in [0.15, 0.2) is 35.3 Å². The highest BCUT2D eigenvalue weighted by molar-refractivity contribution is 9.10. The van der Waals surface area contributed by atoms with Gasteiger partial charge in [-0.05, 0) is 96.3 Å². The molecule has 2 aromatic rings. The molecule has 0 radical (unpaired) electrons. The average Bonchev–Trinajstić information content (AvgIpc) is 3.14. The van der Waals surface area contributed by atoms with Gasteiger partial charge in [0.1, 0.15) is 6.33 Å². The number of halogens is 1. The molecule has 4 bridgehead atoms. The molecule has 29 heavy (non-hydrogen) atoms. The van der Waals surface area contributed by atoms with E-state index < -0.39 is 0 Å². The first-order valence-corrected chi connectivity index (χ1v) is 11.7. The van der Waals surface area contributed by atoms with Crippen molar-refractivity contribution in [2.24, 2.45) is 17.3 Å². The van der Waals surface area contributed by atoms with E-state index in [0.717, 1.165) is 44.2 Å². The minimum absolute atomic E-state index is 0.0547. The maximum absolute atomic E-state index is 13.6. The van der Waals surface area contributed by atoms with Crippen molar-refractivity contribution in [3.8, 4) is 0 Å². The van der Waals surface area contributed by atoms with Crippen LogP contribution in [-0.2, 0) is 10.3 Å². The van der Waals surface area contributed by atoms with Crippen molar-refractivity contribution in [1.29, 1.82) is 0 Å². The summed E-state index contributed by atoms with van der Waals surface area (Å²) in [5.41, 5.74) is 1.91. The molecule has 5 atom stereocenters. The molecule has 2 unspecified atom stereocenters. The number of anilines is 1. The predicted octanol–water partition coefficient (Wildman–Crippen LogP) is 5.49. The van der Waals surface area contributed by atoms with Crippen LogP contribution in [0.3, 0.4) is 0 Å². The number of hydrogen-bond acceptors (Lipinski definition) is 3. The monoisotopic (exact) mass is 456 g/mol. The highest BCUT2D eigenvalue weighted by Crippen LogP contribution is 2.64. The molecule has 6 rings (SSSR count). The second kappa shape index (κ2) is 6.93. The van der Waals surface area contributed by atoms with Crippen LogP contribution in [0.2, 0.25) is 0 Å². The second-order valence-corrected chi connectivity index (χ2v) is 10.5. The fourth-order valence-corrected chi connectivity index (χ4v) is 6.88. The summed E-state index contributed by atoms with van der Waals surface area (Å²) in [6, 6.07) is 8.42. The fraction of sp³-hybridized carbons (Fsp3) is 0.609. The van der Waals surface area contributed by atoms with E-state index in [1.807, 2.05) is 6.33 Å². The third-order valence-electron chi connectivity index (χ3n) is 7.81. The van der Waals surface area contributed by atoms with Gasteiger partial charge in [0.25, 0.3) is 0 Å². The van der Waals surface area contributed by atoms with Gasteiger partial charge in [-0.25, -0.2) is 9.67 Å². The Bertz CT molecular complexity index is 907. The van der Waals surface area contributed by atoms with Gasteiger partial charge in [0.2, 0.25) is 10.6 Å². The van der Waals surface area contributed by atoms with Gasteiger partial charge >= 0.3 is 0 Å². The van der Waals surface area contributed by atoms with Crippen LogP contribution in [0.1, 0.15) is 70.3 Å². The van der Waals surface area contributed by atoms with E-state index in [0.29, 0.717) is 22.5 Å². The quantitative estimate of drug-likeness (QED) is 0.646. The summed E-state index contributed by atoms with van der Waals surface area (Å²) in [7, 11) is 0. The normalized spacial score (nSPS) is 33.6. The number of nitrogens with zero attached hydrogens (tertiary/aromatic N) is 3. The molecule has 1 heterocycles. The Kier molecular flexibility index (Phi) is 4.61. The zero-order valence-electron chi connectivity index (χ0n) is 17.2. The Hall–Kier alpha value is -1.69. The van der Waals surface area contributed by atoms with Crippen LogP contribution in [0.4, 0.5) is 5.69 Å². The Balaban J connectivity index is 1.39. The Labute approximate surface area is 180 Å². The van der Waals surface area contributed by atoms with Crippen LogP contribution in [0, 0.1) is 17.3 Å². The maximum atomic E-state index is 13.6. The molecule has 154 valence electrons. The van der Waals surface area contributed by atoms with E-state index in [1.54, 1.807) is 0 Å². The molecule has 6 heteroatoms. The number of nitrogens with one attached hydrogen (secondary N) is 1. The lowest BCUT2D eigenvalue weighted by molar-refractivity contribution is -0.150. The van der Waals surface area contributed by atoms with E-state index >= 15 is 0 Å². The molecular weight excluding hydrogens is 428 g/mol. The standard InChI is InChI=1S/C23H29BrN4O/c1-3-15(2)18-4-6-19(7-5-18)26-20(29)22-9-16-8-17(10-22)12-23(11-16,13-22)28-14-25-21(24)27-28/h4-7,14-17H,3,8-13H2,1-2H3,(H,26,29)/t15-,16-,17+,22?,23?/m1/s1. The molecule has 4 fully saturated rings. The van der Waals surface area contributed by atoms with E-state index in [-0.39, 0.29) is 16.9 Å². The topological polar surface area (TPSA) is 59.8 Å². The van der Waals surface area contributed by atoms with Crippen LogP contribution in [0.5, 0.6) is 0 Å². The summed E-state index contributed by atoms with van der Waals surface area (Å²) in [6.45, 7) is 4.45. The van der Waals surface area contributed by atoms with Crippen molar-refractivity contribution in [3.05, 3.63) is 40.9 Å². The third-order valence-corrected chi connectivity index (χ3v) is 8.18. The smallest absolute Gasteiger partial charge is 0.230 e. The Morgan fingerprint density at radius 2 is 1.93 bits per heavy atom. The van der Waals surface area contributed by atoms with Gasteiger partial charge in [0.15, 0.2) is 0 Å². The maximum Gasteiger partial charge on any atom is 0.230 e. The first-order chi connectivity index (χ1) is 13.9. The van der Waals surface area contributed by atoms with E-state index in [4.69, 9.17) is 0 Å². The van der Waals surface area contributed by atoms with Gasteiger partial charge in [-0.1, -0.05) is 26.0 Å². The minimum atomic E-state index is -0.280. The van der Waals surface area contributed by atoms with Crippen LogP contribution in [-0.4, -0.2) is 20.7 Å². The van der Waals surface area contributed by atoms with Crippen LogP contribution >= 0.6 is 15.9 Å². The van der Waals surface area contributed by atoms with Gasteiger partial charge in [-0.2, -0.15) is 0 Å². The highest BCUT2D eigenvalue weighted by Gasteiger charge is 2.61. The van der Waals surface area contributed by atoms with Crippen LogP contribution < -0.4 is 5.32 Å². The molecule has 5 nitrogen and oxygen atoms in total.